The molecule has 0 saturated carbocycles. The number of hydrogen-bond acceptors (Lipinski definition) is 2. The van der Waals surface area contributed by atoms with Gasteiger partial charge in [0.1, 0.15) is 6.17 Å². The van der Waals surface area contributed by atoms with E-state index in [0.29, 0.717) is 0 Å². The predicted molar refractivity (Wildman–Crippen MR) is 148 cm³/mol. The predicted octanol–water partition coefficient (Wildman–Crippen LogP) is 8.59. The van der Waals surface area contributed by atoms with Gasteiger partial charge in [-0.1, -0.05) is 91.5 Å². The van der Waals surface area contributed by atoms with Gasteiger partial charge in [0.2, 0.25) is 0 Å². The number of nitrogens with zero attached hydrogens (tertiary/aromatic N) is 1. The molecule has 2 unspecified atom stereocenters. The van der Waals surface area contributed by atoms with E-state index in [1.165, 1.54) is 71.5 Å². The molecule has 6 aromatic rings. The zero-order valence-corrected chi connectivity index (χ0v) is 19.5. The Morgan fingerprint density at radius 3 is 2.26 bits per heavy atom. The van der Waals surface area contributed by atoms with Crippen LogP contribution >= 0.6 is 0 Å². The summed E-state index contributed by atoms with van der Waals surface area (Å²) < 4.78 is 0. The van der Waals surface area contributed by atoms with Crippen molar-refractivity contribution in [3.63, 3.8) is 0 Å². The smallest absolute Gasteiger partial charge is 0.127 e. The van der Waals surface area contributed by atoms with Gasteiger partial charge in [0.25, 0.3) is 0 Å². The van der Waals surface area contributed by atoms with Crippen LogP contribution < -0.4 is 10.2 Å². The second kappa shape index (κ2) is 6.64. The van der Waals surface area contributed by atoms with Crippen molar-refractivity contribution in [1.29, 1.82) is 0 Å². The fourth-order valence-corrected chi connectivity index (χ4v) is 6.57. The van der Waals surface area contributed by atoms with Crippen molar-refractivity contribution < 1.29 is 0 Å². The Labute approximate surface area is 204 Å². The van der Waals surface area contributed by atoms with Gasteiger partial charge in [-0.25, -0.2) is 0 Å². The van der Waals surface area contributed by atoms with E-state index in [-0.39, 0.29) is 12.2 Å². The summed E-state index contributed by atoms with van der Waals surface area (Å²) in [4.78, 5) is 2.54. The summed E-state index contributed by atoms with van der Waals surface area (Å²) in [5.41, 5.74) is 8.77. The average molecular weight is 449 g/mol. The third-order valence-corrected chi connectivity index (χ3v) is 8.17. The second-order valence-electron chi connectivity index (χ2n) is 9.95. The third-order valence-electron chi connectivity index (χ3n) is 8.17. The molecule has 2 heteroatoms. The highest BCUT2D eigenvalue weighted by molar-refractivity contribution is 6.24. The van der Waals surface area contributed by atoms with Crippen molar-refractivity contribution in [2.45, 2.75) is 19.1 Å². The van der Waals surface area contributed by atoms with Gasteiger partial charge in [-0.3, -0.25) is 0 Å². The van der Waals surface area contributed by atoms with Crippen molar-refractivity contribution in [1.82, 2.24) is 0 Å². The maximum Gasteiger partial charge on any atom is 0.127 e. The van der Waals surface area contributed by atoms with Gasteiger partial charge in [-0.15, -0.1) is 0 Å². The lowest BCUT2D eigenvalue weighted by Gasteiger charge is -2.43. The largest absolute Gasteiger partial charge is 0.361 e. The summed E-state index contributed by atoms with van der Waals surface area (Å²) in [5.74, 6) is 0. The van der Waals surface area contributed by atoms with E-state index in [0.717, 1.165) is 0 Å². The first-order chi connectivity index (χ1) is 17.2. The number of anilines is 2. The lowest BCUT2D eigenvalue weighted by molar-refractivity contribution is 0.637. The molecule has 2 aliphatic heterocycles. The zero-order chi connectivity index (χ0) is 23.3. The van der Waals surface area contributed by atoms with Crippen molar-refractivity contribution >= 4 is 49.3 Å². The minimum atomic E-state index is 0.000894. The molecule has 8 rings (SSSR count). The van der Waals surface area contributed by atoms with E-state index in [1.807, 2.05) is 0 Å². The summed E-state index contributed by atoms with van der Waals surface area (Å²) >= 11 is 0. The van der Waals surface area contributed by atoms with Crippen LogP contribution in [0.2, 0.25) is 0 Å². The third kappa shape index (κ3) is 2.39. The summed E-state index contributed by atoms with van der Waals surface area (Å²) in [7, 11) is 0. The van der Waals surface area contributed by atoms with Gasteiger partial charge in [-0.2, -0.15) is 0 Å². The topological polar surface area (TPSA) is 15.3 Å². The van der Waals surface area contributed by atoms with E-state index in [2.05, 4.69) is 121 Å². The number of rotatable bonds is 1. The van der Waals surface area contributed by atoms with E-state index in [9.17, 15) is 0 Å². The Balaban J connectivity index is 1.44. The van der Waals surface area contributed by atoms with Gasteiger partial charge < -0.3 is 10.2 Å². The van der Waals surface area contributed by atoms with E-state index < -0.39 is 0 Å². The van der Waals surface area contributed by atoms with Crippen molar-refractivity contribution in [2.75, 3.05) is 10.2 Å². The van der Waals surface area contributed by atoms with Crippen LogP contribution in [0, 0.1) is 6.92 Å². The van der Waals surface area contributed by atoms with E-state index in [4.69, 9.17) is 0 Å². The molecule has 0 radical (unpaired) electrons. The molecule has 166 valence electrons. The molecule has 2 nitrogen and oxygen atoms in total. The maximum atomic E-state index is 4.58. The minimum Gasteiger partial charge on any atom is -0.361 e. The Bertz CT molecular complexity index is 1830. The summed E-state index contributed by atoms with van der Waals surface area (Å²) in [6.07, 6.45) is 0.000894. The van der Waals surface area contributed by atoms with Crippen molar-refractivity contribution in [2.24, 2.45) is 0 Å². The van der Waals surface area contributed by atoms with Gasteiger partial charge in [0, 0.05) is 28.1 Å². The molecular weight excluding hydrogens is 424 g/mol. The van der Waals surface area contributed by atoms with Gasteiger partial charge >= 0.3 is 0 Å². The molecule has 35 heavy (non-hydrogen) atoms. The van der Waals surface area contributed by atoms with Crippen LogP contribution in [-0.2, 0) is 0 Å². The Morgan fingerprint density at radius 1 is 0.686 bits per heavy atom. The molecule has 2 aliphatic rings. The first-order valence-corrected chi connectivity index (χ1v) is 12.3. The highest BCUT2D eigenvalue weighted by Gasteiger charge is 2.43. The second-order valence-corrected chi connectivity index (χ2v) is 9.95. The molecule has 0 spiro atoms. The lowest BCUT2D eigenvalue weighted by atomic mass is 9.88. The molecule has 1 N–H and O–H groups in total. The maximum absolute atomic E-state index is 4.58. The van der Waals surface area contributed by atoms with Crippen molar-refractivity contribution in [3.05, 3.63) is 126 Å². The Morgan fingerprint density at radius 2 is 1.37 bits per heavy atom. The van der Waals surface area contributed by atoms with Crippen LogP contribution in [-0.4, -0.2) is 0 Å². The minimum absolute atomic E-state index is 0.000894. The molecule has 0 amide bonds. The van der Waals surface area contributed by atoms with Gasteiger partial charge in [0.15, 0.2) is 0 Å². The first-order valence-electron chi connectivity index (χ1n) is 12.3. The zero-order valence-electron chi connectivity index (χ0n) is 19.5. The fraction of sp³-hybridized carbons (Fsp3) is 0.0909. The SMILES string of the molecule is C=C1c2ccccc2N2C(c3ccc4ccc5c(C)ccc6ccc3c4c65)Nc3ccccc3C12. The number of nitrogens with one attached hydrogen (secondary N) is 1. The van der Waals surface area contributed by atoms with Gasteiger partial charge in [-0.05, 0) is 62.5 Å². The molecule has 0 saturated heterocycles. The van der Waals surface area contributed by atoms with Crippen LogP contribution in [0.3, 0.4) is 0 Å². The lowest BCUT2D eigenvalue weighted by Crippen LogP contribution is -2.39. The van der Waals surface area contributed by atoms with Crippen molar-refractivity contribution in [3.8, 4) is 0 Å². The first kappa shape index (κ1) is 19.1. The number of hydrogen-bond donors (Lipinski definition) is 1. The molecule has 6 aromatic carbocycles. The summed E-state index contributed by atoms with van der Waals surface area (Å²) in [5, 5.41) is 11.9. The van der Waals surface area contributed by atoms with Crippen LogP contribution in [0.25, 0.3) is 37.9 Å². The van der Waals surface area contributed by atoms with Crippen LogP contribution in [0.5, 0.6) is 0 Å². The number of para-hydroxylation sites is 2. The quantitative estimate of drug-likeness (QED) is 0.253. The van der Waals surface area contributed by atoms with E-state index in [1.54, 1.807) is 0 Å². The Kier molecular flexibility index (Phi) is 3.61. The summed E-state index contributed by atoms with van der Waals surface area (Å²) in [6, 6.07) is 35.8. The van der Waals surface area contributed by atoms with Crippen LogP contribution in [0.4, 0.5) is 11.4 Å². The van der Waals surface area contributed by atoms with Crippen LogP contribution in [0.1, 0.15) is 34.5 Å². The highest BCUT2D eigenvalue weighted by atomic mass is 15.3. The molecule has 0 bridgehead atoms. The molecule has 2 heterocycles. The van der Waals surface area contributed by atoms with Crippen LogP contribution in [0.15, 0.2) is 104 Å². The molecule has 0 aliphatic carbocycles. The monoisotopic (exact) mass is 448 g/mol. The standard InChI is InChI=1S/C33H24N2/c1-19-11-12-21-14-17-25-26(18-15-22-13-16-23(19)30(21)31(22)25)33-34-28-9-5-3-8-27(28)32-20(2)24-7-4-6-10-29(24)35(32)33/h3-18,32-34H,2H2,1H3. The average Bonchev–Trinajstić information content (AvgIpc) is 3.21. The highest BCUT2D eigenvalue weighted by Crippen LogP contribution is 2.56. The molecule has 2 atom stereocenters. The normalized spacial score (nSPS) is 18.7. The Hall–Kier alpha value is -4.30. The van der Waals surface area contributed by atoms with Gasteiger partial charge in [0.05, 0.1) is 6.04 Å². The number of fused-ring (bicyclic) bond motifs is 5. The molecule has 0 fully saturated rings. The number of benzene rings is 6. The summed E-state index contributed by atoms with van der Waals surface area (Å²) in [6.45, 7) is 6.79. The van der Waals surface area contributed by atoms with E-state index >= 15 is 0 Å². The molecular formula is C33H24N2. The molecule has 0 aromatic heterocycles. The number of aryl methyl sites for hydroxylation is 1. The fourth-order valence-electron chi connectivity index (χ4n) is 6.57.